The van der Waals surface area contributed by atoms with Crippen molar-refractivity contribution in [1.29, 1.82) is 0 Å². The Morgan fingerprint density at radius 3 is 2.49 bits per heavy atom. The number of thiocarbonyl (C=S) groups is 1. The number of ether oxygens (including phenoxy) is 3. The quantitative estimate of drug-likeness (QED) is 0.296. The molecular formula is C23H27F3N2O5S2. The zero-order valence-corrected chi connectivity index (χ0v) is 21.0. The highest BCUT2D eigenvalue weighted by Crippen LogP contribution is 2.30. The second-order valence-electron chi connectivity index (χ2n) is 7.92. The predicted molar refractivity (Wildman–Crippen MR) is 129 cm³/mol. The maximum atomic E-state index is 13.6. The zero-order valence-electron chi connectivity index (χ0n) is 19.4. The van der Waals surface area contributed by atoms with Gasteiger partial charge in [-0.2, -0.15) is 4.31 Å². The highest BCUT2D eigenvalue weighted by Gasteiger charge is 2.32. The largest absolute Gasteiger partial charge is 0.495 e. The van der Waals surface area contributed by atoms with E-state index in [0.29, 0.717) is 26.2 Å². The fourth-order valence-corrected chi connectivity index (χ4v) is 5.65. The van der Waals surface area contributed by atoms with Crippen molar-refractivity contribution in [1.82, 2.24) is 4.31 Å². The molecule has 0 spiro atoms. The summed E-state index contributed by atoms with van der Waals surface area (Å²) in [4.78, 5) is -0.109. The molecule has 0 saturated carbocycles. The van der Waals surface area contributed by atoms with E-state index in [9.17, 15) is 21.6 Å². The minimum atomic E-state index is -4.00. The molecule has 1 aliphatic heterocycles. The van der Waals surface area contributed by atoms with Gasteiger partial charge in [-0.15, -0.1) is 0 Å². The normalized spacial score (nSPS) is 17.1. The zero-order chi connectivity index (χ0) is 25.6. The minimum Gasteiger partial charge on any atom is -0.495 e. The standard InChI is InChI=1S/C23H27F3N2O5S2/c1-31-9-10-33-17-5-3-4-8-28(14-17)35(29,30)21-11-15(6-7-20(21)32-2)23(34)27-16-12-18(24)22(26)19(25)13-16/h6-7,11-13,17H,3-5,8-10,14H2,1-2H3,(H,27,34). The van der Waals surface area contributed by atoms with E-state index in [4.69, 9.17) is 26.4 Å². The van der Waals surface area contributed by atoms with Crippen molar-refractivity contribution in [2.45, 2.75) is 30.3 Å². The highest BCUT2D eigenvalue weighted by molar-refractivity contribution is 7.89. The van der Waals surface area contributed by atoms with Crippen LogP contribution in [0, 0.1) is 17.5 Å². The van der Waals surface area contributed by atoms with Crippen molar-refractivity contribution in [2.75, 3.05) is 45.8 Å². The molecule has 0 aliphatic carbocycles. The summed E-state index contributed by atoms with van der Waals surface area (Å²) in [6, 6.07) is 5.82. The van der Waals surface area contributed by atoms with Gasteiger partial charge in [-0.05, 0) is 37.5 Å². The molecule has 1 fully saturated rings. The minimum absolute atomic E-state index is 0.00819. The second-order valence-corrected chi connectivity index (χ2v) is 10.2. The molecule has 1 N–H and O–H groups in total. The SMILES string of the molecule is COCCOC1CCCCN(S(=O)(=O)c2cc(C(=S)Nc3cc(F)c(F)c(F)c3)ccc2OC)C1. The Morgan fingerprint density at radius 1 is 1.11 bits per heavy atom. The molecule has 35 heavy (non-hydrogen) atoms. The molecule has 1 heterocycles. The summed E-state index contributed by atoms with van der Waals surface area (Å²) in [5, 5.41) is 2.61. The van der Waals surface area contributed by atoms with Gasteiger partial charge in [0.1, 0.15) is 15.6 Å². The van der Waals surface area contributed by atoms with Crippen LogP contribution in [0.1, 0.15) is 24.8 Å². The number of halogens is 3. The summed E-state index contributed by atoms with van der Waals surface area (Å²) < 4.78 is 85.1. The fraction of sp³-hybridized carbons (Fsp3) is 0.435. The van der Waals surface area contributed by atoms with Crippen LogP contribution in [0.2, 0.25) is 0 Å². The average Bonchev–Trinajstić information content (AvgIpc) is 3.08. The Labute approximate surface area is 208 Å². The fourth-order valence-electron chi connectivity index (χ4n) is 3.71. The molecule has 192 valence electrons. The molecule has 2 aromatic carbocycles. The van der Waals surface area contributed by atoms with E-state index in [1.807, 2.05) is 0 Å². The van der Waals surface area contributed by atoms with Crippen LogP contribution < -0.4 is 10.1 Å². The molecular weight excluding hydrogens is 505 g/mol. The molecule has 3 rings (SSSR count). The summed E-state index contributed by atoms with van der Waals surface area (Å²) >= 11 is 5.31. The molecule has 1 aliphatic rings. The number of rotatable bonds is 9. The van der Waals surface area contributed by atoms with Gasteiger partial charge in [0.15, 0.2) is 17.5 Å². The van der Waals surface area contributed by atoms with E-state index in [0.717, 1.165) is 25.0 Å². The van der Waals surface area contributed by atoms with Gasteiger partial charge in [0.25, 0.3) is 0 Å². The Bertz CT molecular complexity index is 1140. The van der Waals surface area contributed by atoms with Crippen LogP contribution in [0.15, 0.2) is 35.2 Å². The van der Waals surface area contributed by atoms with Gasteiger partial charge in [0, 0.05) is 43.6 Å². The maximum absolute atomic E-state index is 13.6. The lowest BCUT2D eigenvalue weighted by Gasteiger charge is -2.25. The van der Waals surface area contributed by atoms with Crippen LogP contribution >= 0.6 is 12.2 Å². The summed E-state index contributed by atoms with van der Waals surface area (Å²) in [5.41, 5.74) is 0.155. The molecule has 0 radical (unpaired) electrons. The first-order valence-corrected chi connectivity index (χ1v) is 12.8. The Morgan fingerprint density at radius 2 is 1.83 bits per heavy atom. The van der Waals surface area contributed by atoms with E-state index in [-0.39, 0.29) is 39.5 Å². The lowest BCUT2D eigenvalue weighted by atomic mass is 10.2. The first-order valence-electron chi connectivity index (χ1n) is 10.9. The van der Waals surface area contributed by atoms with E-state index in [2.05, 4.69) is 5.32 Å². The maximum Gasteiger partial charge on any atom is 0.246 e. The van der Waals surface area contributed by atoms with Crippen molar-refractivity contribution < 1.29 is 35.8 Å². The van der Waals surface area contributed by atoms with Gasteiger partial charge in [0.2, 0.25) is 10.0 Å². The van der Waals surface area contributed by atoms with Crippen LogP contribution in [0.5, 0.6) is 5.75 Å². The number of benzene rings is 2. The molecule has 1 saturated heterocycles. The van der Waals surface area contributed by atoms with Crippen LogP contribution in [0.4, 0.5) is 18.9 Å². The third-order valence-electron chi connectivity index (χ3n) is 5.52. The first kappa shape index (κ1) is 27.3. The molecule has 12 heteroatoms. The third-order valence-corrected chi connectivity index (χ3v) is 7.74. The lowest BCUT2D eigenvalue weighted by Crippen LogP contribution is -2.38. The first-order chi connectivity index (χ1) is 16.7. The molecule has 1 unspecified atom stereocenters. The predicted octanol–water partition coefficient (Wildman–Crippen LogP) is 4.11. The summed E-state index contributed by atoms with van der Waals surface area (Å²) in [6.45, 7) is 1.26. The topological polar surface area (TPSA) is 77.1 Å². The molecule has 0 amide bonds. The number of anilines is 1. The summed E-state index contributed by atoms with van der Waals surface area (Å²) in [5.74, 6) is -4.23. The highest BCUT2D eigenvalue weighted by atomic mass is 32.2. The van der Waals surface area contributed by atoms with Crippen LogP contribution in [0.25, 0.3) is 0 Å². The monoisotopic (exact) mass is 532 g/mol. The Hall–Kier alpha value is -2.25. The van der Waals surface area contributed by atoms with E-state index >= 15 is 0 Å². The number of nitrogens with one attached hydrogen (secondary N) is 1. The Balaban J connectivity index is 1.87. The van der Waals surface area contributed by atoms with Crippen molar-refractivity contribution in [3.8, 4) is 5.75 Å². The van der Waals surface area contributed by atoms with Gasteiger partial charge < -0.3 is 19.5 Å². The van der Waals surface area contributed by atoms with Gasteiger partial charge >= 0.3 is 0 Å². The van der Waals surface area contributed by atoms with Crippen molar-refractivity contribution in [3.05, 3.63) is 53.3 Å². The Kier molecular flexibility index (Phi) is 9.47. The smallest absolute Gasteiger partial charge is 0.246 e. The molecule has 2 aromatic rings. The number of methoxy groups -OCH3 is 2. The number of nitrogens with zero attached hydrogens (tertiary/aromatic N) is 1. The van der Waals surface area contributed by atoms with Crippen LogP contribution in [-0.4, -0.2) is 64.3 Å². The van der Waals surface area contributed by atoms with Crippen LogP contribution in [-0.2, 0) is 19.5 Å². The van der Waals surface area contributed by atoms with Gasteiger partial charge in [-0.3, -0.25) is 0 Å². The van der Waals surface area contributed by atoms with Crippen LogP contribution in [0.3, 0.4) is 0 Å². The molecule has 0 bridgehead atoms. The van der Waals surface area contributed by atoms with E-state index in [1.54, 1.807) is 7.11 Å². The second kappa shape index (κ2) is 12.1. The van der Waals surface area contributed by atoms with E-state index in [1.165, 1.54) is 29.6 Å². The van der Waals surface area contributed by atoms with E-state index < -0.39 is 27.5 Å². The third kappa shape index (κ3) is 6.70. The number of sulfonamides is 1. The van der Waals surface area contributed by atoms with Gasteiger partial charge in [-0.1, -0.05) is 12.2 Å². The molecule has 1 atom stereocenters. The number of hydrogen-bond donors (Lipinski definition) is 1. The average molecular weight is 533 g/mol. The molecule has 0 aromatic heterocycles. The lowest BCUT2D eigenvalue weighted by molar-refractivity contribution is 0.00920. The summed E-state index contributed by atoms with van der Waals surface area (Å²) in [7, 11) is -1.08. The van der Waals surface area contributed by atoms with Gasteiger partial charge in [-0.25, -0.2) is 21.6 Å². The molecule has 7 nitrogen and oxygen atoms in total. The number of hydrogen-bond acceptors (Lipinski definition) is 6. The van der Waals surface area contributed by atoms with Crippen molar-refractivity contribution >= 4 is 32.9 Å². The van der Waals surface area contributed by atoms with Crippen molar-refractivity contribution in [2.24, 2.45) is 0 Å². The van der Waals surface area contributed by atoms with Crippen molar-refractivity contribution in [3.63, 3.8) is 0 Å². The summed E-state index contributed by atoms with van der Waals surface area (Å²) in [6.07, 6.45) is 1.95. The van der Waals surface area contributed by atoms with Gasteiger partial charge in [0.05, 0.1) is 26.4 Å².